The predicted molar refractivity (Wildman–Crippen MR) is 273 cm³/mol. The second-order valence-corrected chi connectivity index (χ2v) is 17.7. The van der Waals surface area contributed by atoms with Gasteiger partial charge in [0.1, 0.15) is 6.10 Å². The lowest BCUT2D eigenvalue weighted by Gasteiger charge is -2.24. The van der Waals surface area contributed by atoms with Gasteiger partial charge in [-0.3, -0.25) is 9.59 Å². The van der Waals surface area contributed by atoms with Crippen LogP contribution in [0.25, 0.3) is 0 Å². The Morgan fingerprint density at radius 2 is 0.873 bits per heavy atom. The van der Waals surface area contributed by atoms with Crippen LogP contribution >= 0.6 is 0 Å². The average Bonchev–Trinajstić information content (AvgIpc) is 3.28. The maximum absolute atomic E-state index is 13.2. The third-order valence-corrected chi connectivity index (χ3v) is 11.6. The molecule has 3 N–H and O–H groups in total. The molecule has 362 valence electrons. The molecule has 3 atom stereocenters. The molecule has 0 spiro atoms. The number of nitrogens with one attached hydrogen (secondary N) is 1. The van der Waals surface area contributed by atoms with E-state index in [0.717, 1.165) is 77.0 Å². The molecule has 1 amide bonds. The van der Waals surface area contributed by atoms with Crippen molar-refractivity contribution in [3.63, 3.8) is 0 Å². The van der Waals surface area contributed by atoms with E-state index in [1.54, 1.807) is 0 Å². The standard InChI is InChI=1S/C57H99NO5/c1-4-7-10-13-16-19-22-25-27-28-29-32-35-38-41-44-47-50-57(62)63-53(48-45-42-39-36-33-30-24-21-18-15-12-9-6-3)51-56(61)58-54(52-59)55(60)49-46-43-40-37-34-31-26-23-20-17-14-11-8-5-2/h7,10,13,16,19,21-22,24-25,27-29,32,35,53-55,59-60H,4-6,8-9,11-12,14-15,17-18,20,23,26,30-31,33-34,36-52H2,1-3H3,(H,58,61)/b10-7-,16-13+,22-19+,24-21-,27-25-,29-28+,35-32+. The summed E-state index contributed by atoms with van der Waals surface area (Å²) < 4.78 is 5.91. The van der Waals surface area contributed by atoms with Crippen LogP contribution in [-0.4, -0.2) is 46.9 Å². The van der Waals surface area contributed by atoms with Crippen LogP contribution < -0.4 is 5.32 Å². The lowest BCUT2D eigenvalue weighted by Crippen LogP contribution is -2.46. The van der Waals surface area contributed by atoms with Crippen molar-refractivity contribution in [2.75, 3.05) is 6.61 Å². The summed E-state index contributed by atoms with van der Waals surface area (Å²) in [6.07, 6.45) is 64.9. The molecule has 0 saturated carbocycles. The van der Waals surface area contributed by atoms with Gasteiger partial charge >= 0.3 is 5.97 Å². The Hall–Kier alpha value is -2.96. The fraction of sp³-hybridized carbons (Fsp3) is 0.719. The van der Waals surface area contributed by atoms with Gasteiger partial charge in [0.15, 0.2) is 0 Å². The van der Waals surface area contributed by atoms with Gasteiger partial charge in [0.2, 0.25) is 5.91 Å². The number of unbranched alkanes of at least 4 members (excludes halogenated alkanes) is 25. The van der Waals surface area contributed by atoms with Crippen molar-refractivity contribution >= 4 is 11.9 Å². The molecule has 0 aliphatic rings. The summed E-state index contributed by atoms with van der Waals surface area (Å²) in [7, 11) is 0. The van der Waals surface area contributed by atoms with Crippen molar-refractivity contribution < 1.29 is 24.5 Å². The summed E-state index contributed by atoms with van der Waals surface area (Å²) >= 11 is 0. The van der Waals surface area contributed by atoms with Crippen LogP contribution in [0.1, 0.15) is 239 Å². The quantitative estimate of drug-likeness (QED) is 0.0245. The summed E-state index contributed by atoms with van der Waals surface area (Å²) in [5.41, 5.74) is 0. The number of amides is 1. The normalized spacial score (nSPS) is 13.9. The summed E-state index contributed by atoms with van der Waals surface area (Å²) in [5, 5.41) is 23.8. The Morgan fingerprint density at radius 1 is 0.476 bits per heavy atom. The van der Waals surface area contributed by atoms with E-state index >= 15 is 0 Å². The molecule has 0 radical (unpaired) electrons. The van der Waals surface area contributed by atoms with E-state index in [4.69, 9.17) is 4.74 Å². The van der Waals surface area contributed by atoms with Gasteiger partial charge in [-0.1, -0.05) is 241 Å². The molecule has 0 bridgehead atoms. The highest BCUT2D eigenvalue weighted by Gasteiger charge is 2.24. The van der Waals surface area contributed by atoms with Crippen LogP contribution in [0.15, 0.2) is 85.1 Å². The first-order chi connectivity index (χ1) is 31.0. The molecule has 0 aromatic rings. The Labute approximate surface area is 389 Å². The minimum Gasteiger partial charge on any atom is -0.462 e. The molecule has 6 nitrogen and oxygen atoms in total. The van der Waals surface area contributed by atoms with E-state index in [2.05, 4.69) is 56.5 Å². The SMILES string of the molecule is CC\C=C/C=C/C=C/C=C\C=C\C=C\CCCCCC(=O)OC(CCCCCCC/C=C\CCCCCC)CC(=O)NC(CO)C(O)CCCCCCCCCCCCCCCC. The fourth-order valence-electron chi connectivity index (χ4n) is 7.63. The minimum absolute atomic E-state index is 0.0499. The number of rotatable bonds is 46. The number of ether oxygens (including phenoxy) is 1. The topological polar surface area (TPSA) is 95.9 Å². The van der Waals surface area contributed by atoms with E-state index in [1.807, 2.05) is 54.7 Å². The number of hydrogen-bond donors (Lipinski definition) is 3. The van der Waals surface area contributed by atoms with Gasteiger partial charge in [0.05, 0.1) is 25.2 Å². The maximum Gasteiger partial charge on any atom is 0.306 e. The highest BCUT2D eigenvalue weighted by atomic mass is 16.5. The van der Waals surface area contributed by atoms with Gasteiger partial charge in [0, 0.05) is 6.42 Å². The van der Waals surface area contributed by atoms with Crippen molar-refractivity contribution in [3.8, 4) is 0 Å². The summed E-state index contributed by atoms with van der Waals surface area (Å²) in [4.78, 5) is 26.2. The first kappa shape index (κ1) is 60.0. The molecule has 3 unspecified atom stereocenters. The van der Waals surface area contributed by atoms with Gasteiger partial charge in [-0.05, 0) is 70.6 Å². The number of carbonyl (C=O) groups is 2. The Balaban J connectivity index is 4.67. The summed E-state index contributed by atoms with van der Waals surface area (Å²) in [6.45, 7) is 6.32. The molecule has 0 rings (SSSR count). The smallest absolute Gasteiger partial charge is 0.306 e. The molecule has 0 aromatic heterocycles. The molecule has 0 saturated heterocycles. The lowest BCUT2D eigenvalue weighted by atomic mass is 10.0. The van der Waals surface area contributed by atoms with Crippen molar-refractivity contribution in [3.05, 3.63) is 85.1 Å². The van der Waals surface area contributed by atoms with E-state index in [1.165, 1.54) is 116 Å². The Morgan fingerprint density at radius 3 is 1.37 bits per heavy atom. The van der Waals surface area contributed by atoms with E-state index in [-0.39, 0.29) is 24.9 Å². The van der Waals surface area contributed by atoms with Crippen molar-refractivity contribution in [1.82, 2.24) is 5.32 Å². The van der Waals surface area contributed by atoms with Gasteiger partial charge in [-0.25, -0.2) is 0 Å². The molecular formula is C57H99NO5. The summed E-state index contributed by atoms with van der Waals surface area (Å²) in [6, 6.07) is -0.718. The van der Waals surface area contributed by atoms with Crippen molar-refractivity contribution in [2.45, 2.75) is 257 Å². The second-order valence-electron chi connectivity index (χ2n) is 17.7. The van der Waals surface area contributed by atoms with Crippen LogP contribution in [0.5, 0.6) is 0 Å². The Bertz CT molecular complexity index is 1210. The first-order valence-corrected chi connectivity index (χ1v) is 26.4. The number of carbonyl (C=O) groups excluding carboxylic acids is 2. The van der Waals surface area contributed by atoms with Gasteiger partial charge in [-0.15, -0.1) is 0 Å². The predicted octanol–water partition coefficient (Wildman–Crippen LogP) is 16.0. The highest BCUT2D eigenvalue weighted by Crippen LogP contribution is 2.17. The number of allylic oxidation sites excluding steroid dienone is 14. The number of esters is 1. The third-order valence-electron chi connectivity index (χ3n) is 11.6. The average molecular weight is 878 g/mol. The molecule has 0 heterocycles. The number of aliphatic hydroxyl groups is 2. The van der Waals surface area contributed by atoms with Gasteiger partial charge < -0.3 is 20.3 Å². The zero-order valence-corrected chi connectivity index (χ0v) is 41.2. The highest BCUT2D eigenvalue weighted by molar-refractivity contribution is 5.77. The molecule has 0 aliphatic heterocycles. The number of aliphatic hydroxyl groups excluding tert-OH is 2. The monoisotopic (exact) mass is 878 g/mol. The molecule has 6 heteroatoms. The molecular weight excluding hydrogens is 779 g/mol. The first-order valence-electron chi connectivity index (χ1n) is 26.4. The van der Waals surface area contributed by atoms with Crippen LogP contribution in [0, 0.1) is 0 Å². The molecule has 0 aromatic carbocycles. The van der Waals surface area contributed by atoms with E-state index in [0.29, 0.717) is 19.3 Å². The zero-order valence-electron chi connectivity index (χ0n) is 41.2. The van der Waals surface area contributed by atoms with E-state index < -0.39 is 18.2 Å². The van der Waals surface area contributed by atoms with Crippen LogP contribution in [0.3, 0.4) is 0 Å². The van der Waals surface area contributed by atoms with Gasteiger partial charge in [0.25, 0.3) is 0 Å². The lowest BCUT2D eigenvalue weighted by molar-refractivity contribution is -0.151. The molecule has 0 fully saturated rings. The van der Waals surface area contributed by atoms with Crippen LogP contribution in [-0.2, 0) is 14.3 Å². The maximum atomic E-state index is 13.2. The van der Waals surface area contributed by atoms with E-state index in [9.17, 15) is 19.8 Å². The van der Waals surface area contributed by atoms with Crippen molar-refractivity contribution in [1.29, 1.82) is 0 Å². The largest absolute Gasteiger partial charge is 0.462 e. The third kappa shape index (κ3) is 45.4. The van der Waals surface area contributed by atoms with Crippen LogP contribution in [0.4, 0.5) is 0 Å². The van der Waals surface area contributed by atoms with Crippen LogP contribution in [0.2, 0.25) is 0 Å². The number of hydrogen-bond acceptors (Lipinski definition) is 5. The molecule has 0 aliphatic carbocycles. The van der Waals surface area contributed by atoms with Gasteiger partial charge in [-0.2, -0.15) is 0 Å². The minimum atomic E-state index is -0.802. The Kier molecular flexibility index (Phi) is 47.7. The zero-order chi connectivity index (χ0) is 45.9. The fourth-order valence-corrected chi connectivity index (χ4v) is 7.63. The van der Waals surface area contributed by atoms with Crippen molar-refractivity contribution in [2.24, 2.45) is 0 Å². The molecule has 63 heavy (non-hydrogen) atoms. The second kappa shape index (κ2) is 50.0. The summed E-state index contributed by atoms with van der Waals surface area (Å²) in [5.74, 6) is -0.535.